The van der Waals surface area contributed by atoms with Crippen molar-refractivity contribution in [2.75, 3.05) is 26.3 Å². The third-order valence-corrected chi connectivity index (χ3v) is 6.10. The van der Waals surface area contributed by atoms with Crippen molar-refractivity contribution >= 4 is 5.91 Å². The summed E-state index contributed by atoms with van der Waals surface area (Å²) in [5.41, 5.74) is -0.301. The maximum absolute atomic E-state index is 13.4. The van der Waals surface area contributed by atoms with Gasteiger partial charge in [0.25, 0.3) is 0 Å². The molecule has 0 aromatic carbocycles. The van der Waals surface area contributed by atoms with E-state index in [4.69, 9.17) is 9.47 Å². The highest BCUT2D eigenvalue weighted by Gasteiger charge is 2.48. The highest BCUT2D eigenvalue weighted by Crippen LogP contribution is 2.38. The fourth-order valence-corrected chi connectivity index (χ4v) is 4.66. The Bertz CT molecular complexity index is 598. The average Bonchev–Trinajstić information content (AvgIpc) is 3.36. The van der Waals surface area contributed by atoms with E-state index in [1.54, 1.807) is 6.20 Å². The molecule has 1 aromatic heterocycles. The van der Waals surface area contributed by atoms with Gasteiger partial charge in [-0.3, -0.25) is 9.69 Å². The molecule has 6 heteroatoms. The second kappa shape index (κ2) is 7.92. The van der Waals surface area contributed by atoms with Crippen LogP contribution in [0, 0.1) is 0 Å². The van der Waals surface area contributed by atoms with Gasteiger partial charge in [0.05, 0.1) is 12.6 Å². The van der Waals surface area contributed by atoms with Gasteiger partial charge < -0.3 is 14.8 Å². The summed E-state index contributed by atoms with van der Waals surface area (Å²) in [5, 5.41) is 3.34. The van der Waals surface area contributed by atoms with Gasteiger partial charge in [-0.05, 0) is 51.3 Å². The second-order valence-corrected chi connectivity index (χ2v) is 7.70. The molecule has 1 aliphatic carbocycles. The number of carbonyl (C=O) groups excluding carboxylic acids is 1. The molecule has 142 valence electrons. The van der Waals surface area contributed by atoms with Gasteiger partial charge in [0.15, 0.2) is 0 Å². The molecular formula is C20H29N3O3. The lowest BCUT2D eigenvalue weighted by Gasteiger charge is -2.40. The quantitative estimate of drug-likeness (QED) is 0.873. The highest BCUT2D eigenvalue weighted by atomic mass is 16.5. The molecule has 3 fully saturated rings. The summed E-state index contributed by atoms with van der Waals surface area (Å²) in [6.45, 7) is 3.24. The number of nitrogens with zero attached hydrogens (tertiary/aromatic N) is 2. The van der Waals surface area contributed by atoms with Crippen molar-refractivity contribution in [1.29, 1.82) is 0 Å². The first-order valence-corrected chi connectivity index (χ1v) is 9.99. The third-order valence-electron chi connectivity index (χ3n) is 6.10. The lowest BCUT2D eigenvalue weighted by Crippen LogP contribution is -2.61. The number of rotatable bonds is 5. The standard InChI is InChI=1S/C20H29N3O3/c24-19(20(9-2-3-10-20)23-12-5-6-13-23)22-16-8-14-25-15-17(16)26-18-7-1-4-11-21-18/h1,4,7,11,16-17H,2-3,5-6,8-10,12-15H2,(H,22,24)/t16-,17-/m1/s1. The Labute approximate surface area is 155 Å². The monoisotopic (exact) mass is 359 g/mol. The van der Waals surface area contributed by atoms with Crippen molar-refractivity contribution in [2.45, 2.75) is 62.6 Å². The minimum Gasteiger partial charge on any atom is -0.470 e. The van der Waals surface area contributed by atoms with Gasteiger partial charge in [0.1, 0.15) is 11.6 Å². The van der Waals surface area contributed by atoms with E-state index in [0.29, 0.717) is 19.1 Å². The lowest BCUT2D eigenvalue weighted by molar-refractivity contribution is -0.135. The van der Waals surface area contributed by atoms with Gasteiger partial charge >= 0.3 is 0 Å². The first kappa shape index (κ1) is 17.7. The van der Waals surface area contributed by atoms with Crippen LogP contribution in [0.3, 0.4) is 0 Å². The van der Waals surface area contributed by atoms with Crippen molar-refractivity contribution in [1.82, 2.24) is 15.2 Å². The maximum Gasteiger partial charge on any atom is 0.240 e. The van der Waals surface area contributed by atoms with Crippen LogP contribution in [-0.2, 0) is 9.53 Å². The molecule has 2 atom stereocenters. The van der Waals surface area contributed by atoms with Gasteiger partial charge in [-0.1, -0.05) is 18.9 Å². The first-order chi connectivity index (χ1) is 12.8. The molecule has 2 saturated heterocycles. The summed E-state index contributed by atoms with van der Waals surface area (Å²) in [4.78, 5) is 20.0. The van der Waals surface area contributed by atoms with Crippen LogP contribution in [-0.4, -0.2) is 59.8 Å². The second-order valence-electron chi connectivity index (χ2n) is 7.70. The summed E-state index contributed by atoms with van der Waals surface area (Å²) in [7, 11) is 0. The van der Waals surface area contributed by atoms with Crippen molar-refractivity contribution in [2.24, 2.45) is 0 Å². The Balaban J connectivity index is 1.45. The zero-order valence-corrected chi connectivity index (χ0v) is 15.4. The maximum atomic E-state index is 13.4. The van der Waals surface area contributed by atoms with Crippen LogP contribution in [0.5, 0.6) is 5.88 Å². The molecule has 0 spiro atoms. The topological polar surface area (TPSA) is 63.7 Å². The number of amides is 1. The van der Waals surface area contributed by atoms with Crippen molar-refractivity contribution in [3.63, 3.8) is 0 Å². The van der Waals surface area contributed by atoms with Gasteiger partial charge in [-0.2, -0.15) is 0 Å². The smallest absolute Gasteiger partial charge is 0.240 e. The van der Waals surface area contributed by atoms with E-state index in [-0.39, 0.29) is 23.6 Å². The number of likely N-dealkylation sites (tertiary alicyclic amines) is 1. The molecule has 1 saturated carbocycles. The van der Waals surface area contributed by atoms with Crippen LogP contribution in [0.15, 0.2) is 24.4 Å². The summed E-state index contributed by atoms with van der Waals surface area (Å²) in [5.74, 6) is 0.774. The molecule has 3 heterocycles. The number of pyridine rings is 1. The molecule has 1 N–H and O–H groups in total. The normalized spacial score (nSPS) is 28.8. The molecule has 1 aromatic rings. The Morgan fingerprint density at radius 3 is 2.77 bits per heavy atom. The summed E-state index contributed by atoms with van der Waals surface area (Å²) in [6, 6.07) is 5.58. The molecule has 0 bridgehead atoms. The van der Waals surface area contributed by atoms with Gasteiger partial charge in [-0.25, -0.2) is 4.98 Å². The number of hydrogen-bond donors (Lipinski definition) is 1. The van der Waals surface area contributed by atoms with Crippen molar-refractivity contribution in [3.05, 3.63) is 24.4 Å². The molecule has 0 unspecified atom stereocenters. The van der Waals surface area contributed by atoms with Crippen LogP contribution in [0.2, 0.25) is 0 Å². The summed E-state index contributed by atoms with van der Waals surface area (Å²) < 4.78 is 11.6. The van der Waals surface area contributed by atoms with E-state index in [2.05, 4.69) is 15.2 Å². The van der Waals surface area contributed by atoms with Crippen LogP contribution in [0.25, 0.3) is 0 Å². The van der Waals surface area contributed by atoms with Crippen molar-refractivity contribution in [3.8, 4) is 5.88 Å². The van der Waals surface area contributed by atoms with Crippen LogP contribution in [0.4, 0.5) is 0 Å². The molecule has 0 radical (unpaired) electrons. The van der Waals surface area contributed by atoms with Gasteiger partial charge in [-0.15, -0.1) is 0 Å². The van der Waals surface area contributed by atoms with Crippen LogP contribution in [0.1, 0.15) is 44.9 Å². The number of nitrogens with one attached hydrogen (secondary N) is 1. The van der Waals surface area contributed by atoms with E-state index in [1.165, 1.54) is 12.8 Å². The van der Waals surface area contributed by atoms with E-state index >= 15 is 0 Å². The predicted molar refractivity (Wildman–Crippen MR) is 98.0 cm³/mol. The largest absolute Gasteiger partial charge is 0.470 e. The Morgan fingerprint density at radius 2 is 2.04 bits per heavy atom. The molecule has 2 aliphatic heterocycles. The number of ether oxygens (including phenoxy) is 2. The van der Waals surface area contributed by atoms with Gasteiger partial charge in [0.2, 0.25) is 11.8 Å². The molecule has 6 nitrogen and oxygen atoms in total. The molecular weight excluding hydrogens is 330 g/mol. The molecule has 4 rings (SSSR count). The van der Waals surface area contributed by atoms with E-state index in [1.807, 2.05) is 18.2 Å². The van der Waals surface area contributed by atoms with E-state index in [0.717, 1.165) is 45.2 Å². The number of carbonyl (C=O) groups is 1. The highest BCUT2D eigenvalue weighted by molar-refractivity contribution is 5.87. The minimum atomic E-state index is -0.301. The van der Waals surface area contributed by atoms with Crippen molar-refractivity contribution < 1.29 is 14.3 Å². The summed E-state index contributed by atoms with van der Waals surface area (Å²) >= 11 is 0. The van der Waals surface area contributed by atoms with Crippen LogP contribution < -0.4 is 10.1 Å². The van der Waals surface area contributed by atoms with Crippen LogP contribution >= 0.6 is 0 Å². The Hall–Kier alpha value is -1.66. The zero-order valence-electron chi connectivity index (χ0n) is 15.4. The SMILES string of the molecule is O=C(N[C@@H]1CCOC[C@H]1Oc1ccccn1)C1(N2CCCC2)CCCC1. The van der Waals surface area contributed by atoms with E-state index < -0.39 is 0 Å². The Kier molecular flexibility index (Phi) is 5.41. The van der Waals surface area contributed by atoms with Gasteiger partial charge in [0, 0.05) is 18.9 Å². The first-order valence-electron chi connectivity index (χ1n) is 9.99. The minimum absolute atomic E-state index is 0.0293. The van der Waals surface area contributed by atoms with E-state index in [9.17, 15) is 4.79 Å². The third kappa shape index (κ3) is 3.58. The molecule has 1 amide bonds. The Morgan fingerprint density at radius 1 is 1.23 bits per heavy atom. The number of aromatic nitrogens is 1. The fraction of sp³-hybridized carbons (Fsp3) is 0.700. The molecule has 3 aliphatic rings. The lowest BCUT2D eigenvalue weighted by atomic mass is 9.92. The molecule has 26 heavy (non-hydrogen) atoms. The predicted octanol–water partition coefficient (Wildman–Crippen LogP) is 2.14. The number of hydrogen-bond acceptors (Lipinski definition) is 5. The average molecular weight is 359 g/mol. The fourth-order valence-electron chi connectivity index (χ4n) is 4.66. The summed E-state index contributed by atoms with van der Waals surface area (Å²) in [6.07, 6.45) is 8.96. The zero-order chi connectivity index (χ0) is 17.8.